The van der Waals surface area contributed by atoms with Crippen molar-refractivity contribution in [2.75, 3.05) is 5.32 Å². The zero-order valence-electron chi connectivity index (χ0n) is 13.3. The second-order valence-electron chi connectivity index (χ2n) is 5.92. The van der Waals surface area contributed by atoms with Crippen LogP contribution in [0.2, 0.25) is 5.02 Å². The van der Waals surface area contributed by atoms with E-state index in [1.807, 2.05) is 24.3 Å². The highest BCUT2D eigenvalue weighted by molar-refractivity contribution is 6.30. The first-order chi connectivity index (χ1) is 12.2. The molecule has 3 N–H and O–H groups in total. The van der Waals surface area contributed by atoms with E-state index in [4.69, 9.17) is 11.6 Å². The fourth-order valence-corrected chi connectivity index (χ4v) is 3.30. The van der Waals surface area contributed by atoms with Crippen molar-refractivity contribution in [1.29, 1.82) is 0 Å². The Hall–Kier alpha value is -2.86. The Kier molecular flexibility index (Phi) is 4.11. The van der Waals surface area contributed by atoms with Crippen LogP contribution in [0.15, 0.2) is 48.5 Å². The second-order valence-corrected chi connectivity index (χ2v) is 6.36. The number of hydrogen-bond acceptors (Lipinski definition) is 4. The molecular weight excluding hydrogens is 338 g/mol. The van der Waals surface area contributed by atoms with Gasteiger partial charge in [0.25, 0.3) is 5.91 Å². The van der Waals surface area contributed by atoms with Crippen molar-refractivity contribution in [3.05, 3.63) is 70.4 Å². The van der Waals surface area contributed by atoms with E-state index in [0.29, 0.717) is 10.8 Å². The van der Waals surface area contributed by atoms with Gasteiger partial charge in [0.1, 0.15) is 0 Å². The van der Waals surface area contributed by atoms with Crippen molar-refractivity contribution in [3.63, 3.8) is 0 Å². The monoisotopic (exact) mass is 353 g/mol. The fraction of sp³-hybridized carbons (Fsp3) is 0.167. The lowest BCUT2D eigenvalue weighted by molar-refractivity contribution is 0.0932. The summed E-state index contributed by atoms with van der Waals surface area (Å²) >= 11 is 5.99. The quantitative estimate of drug-likeness (QED) is 0.669. The van der Waals surface area contributed by atoms with E-state index in [0.717, 1.165) is 18.5 Å². The number of H-pyrrole nitrogens is 1. The van der Waals surface area contributed by atoms with Crippen LogP contribution in [0.25, 0.3) is 0 Å². The number of nitrogens with one attached hydrogen (secondary N) is 3. The molecule has 6 nitrogen and oxygen atoms in total. The van der Waals surface area contributed by atoms with E-state index < -0.39 is 0 Å². The minimum atomic E-state index is -0.264. The van der Waals surface area contributed by atoms with Crippen LogP contribution in [-0.2, 0) is 6.42 Å². The third kappa shape index (κ3) is 3.21. The predicted molar refractivity (Wildman–Crippen MR) is 96.1 cm³/mol. The number of anilines is 2. The van der Waals surface area contributed by atoms with Crippen molar-refractivity contribution in [3.8, 4) is 0 Å². The molecule has 3 aromatic rings. The molecule has 0 unspecified atom stereocenters. The van der Waals surface area contributed by atoms with E-state index in [2.05, 4.69) is 38.2 Å². The number of carbonyl (C=O) groups is 1. The van der Waals surface area contributed by atoms with Crippen molar-refractivity contribution in [1.82, 2.24) is 20.7 Å². The predicted octanol–water partition coefficient (Wildman–Crippen LogP) is 3.62. The van der Waals surface area contributed by atoms with Gasteiger partial charge in [0, 0.05) is 10.7 Å². The largest absolute Gasteiger partial charge is 0.344 e. The summed E-state index contributed by atoms with van der Waals surface area (Å²) in [6.45, 7) is 0. The lowest BCUT2D eigenvalue weighted by Crippen LogP contribution is -2.28. The maximum absolute atomic E-state index is 12.6. The van der Waals surface area contributed by atoms with Crippen LogP contribution in [0.5, 0.6) is 0 Å². The summed E-state index contributed by atoms with van der Waals surface area (Å²) in [6.07, 6.45) is 1.85. The van der Waals surface area contributed by atoms with Crippen LogP contribution in [0, 0.1) is 0 Å². The third-order valence-corrected chi connectivity index (χ3v) is 4.52. The van der Waals surface area contributed by atoms with E-state index in [1.165, 1.54) is 11.1 Å². The first-order valence-electron chi connectivity index (χ1n) is 8.03. The molecule has 1 amide bonds. The highest BCUT2D eigenvalue weighted by Crippen LogP contribution is 2.31. The fourth-order valence-electron chi connectivity index (χ4n) is 3.11. The Labute approximate surface area is 149 Å². The van der Waals surface area contributed by atoms with E-state index in [-0.39, 0.29) is 17.6 Å². The number of hydrogen-bond donors (Lipinski definition) is 3. The molecule has 0 radical (unpaired) electrons. The zero-order chi connectivity index (χ0) is 17.2. The van der Waals surface area contributed by atoms with Gasteiger partial charge in [0.15, 0.2) is 11.5 Å². The number of amides is 1. The van der Waals surface area contributed by atoms with Gasteiger partial charge in [-0.25, -0.2) is 0 Å². The highest BCUT2D eigenvalue weighted by atomic mass is 35.5. The van der Waals surface area contributed by atoms with Gasteiger partial charge >= 0.3 is 0 Å². The maximum Gasteiger partial charge on any atom is 0.276 e. The summed E-state index contributed by atoms with van der Waals surface area (Å²) in [4.78, 5) is 12.6. The molecule has 1 aliphatic carbocycles. The van der Waals surface area contributed by atoms with Gasteiger partial charge in [-0.3, -0.25) is 4.79 Å². The minimum absolute atomic E-state index is 0.000537. The molecule has 4 rings (SSSR count). The lowest BCUT2D eigenvalue weighted by atomic mass is 10.1. The summed E-state index contributed by atoms with van der Waals surface area (Å²) in [5.41, 5.74) is 3.42. The Morgan fingerprint density at radius 1 is 1.16 bits per heavy atom. The van der Waals surface area contributed by atoms with Crippen molar-refractivity contribution >= 4 is 29.0 Å². The van der Waals surface area contributed by atoms with Crippen molar-refractivity contribution < 1.29 is 4.79 Å². The van der Waals surface area contributed by atoms with E-state index >= 15 is 0 Å². The molecule has 0 aliphatic heterocycles. The second kappa shape index (κ2) is 6.57. The van der Waals surface area contributed by atoms with Crippen molar-refractivity contribution in [2.24, 2.45) is 0 Å². The molecule has 1 heterocycles. The number of nitrogens with zero attached hydrogens (tertiary/aromatic N) is 2. The molecule has 126 valence electrons. The molecule has 7 heteroatoms. The molecule has 0 saturated heterocycles. The van der Waals surface area contributed by atoms with Gasteiger partial charge in [0.2, 0.25) is 0 Å². The number of carbonyl (C=O) groups excluding carboxylic acids is 1. The molecule has 1 aliphatic rings. The molecule has 25 heavy (non-hydrogen) atoms. The molecule has 0 bridgehead atoms. The highest BCUT2D eigenvalue weighted by Gasteiger charge is 2.26. The minimum Gasteiger partial charge on any atom is -0.344 e. The summed E-state index contributed by atoms with van der Waals surface area (Å²) in [7, 11) is 0. The average molecular weight is 354 g/mol. The van der Waals surface area contributed by atoms with Crippen LogP contribution in [-0.4, -0.2) is 21.3 Å². The molecule has 1 atom stereocenters. The summed E-state index contributed by atoms with van der Waals surface area (Å²) in [5.74, 6) is 0.103. The van der Waals surface area contributed by atoms with Gasteiger partial charge < -0.3 is 10.6 Å². The number of fused-ring (bicyclic) bond motifs is 1. The SMILES string of the molecule is O=C(N[C@@H]1CCc2ccccc21)c1n[nH]nc1Nc1cccc(Cl)c1. The van der Waals surface area contributed by atoms with E-state index in [1.54, 1.807) is 12.1 Å². The third-order valence-electron chi connectivity index (χ3n) is 4.29. The van der Waals surface area contributed by atoms with Gasteiger partial charge in [-0.1, -0.05) is 41.9 Å². The Morgan fingerprint density at radius 2 is 2.04 bits per heavy atom. The summed E-state index contributed by atoms with van der Waals surface area (Å²) in [6, 6.07) is 15.4. The van der Waals surface area contributed by atoms with Gasteiger partial charge in [-0.15, -0.1) is 10.2 Å². The number of benzene rings is 2. The van der Waals surface area contributed by atoms with Crippen LogP contribution in [0.4, 0.5) is 11.5 Å². The van der Waals surface area contributed by atoms with Crippen LogP contribution >= 0.6 is 11.6 Å². The number of aromatic amines is 1. The lowest BCUT2D eigenvalue weighted by Gasteiger charge is -2.13. The first kappa shape index (κ1) is 15.7. The molecule has 1 aromatic heterocycles. The zero-order valence-corrected chi connectivity index (χ0v) is 14.0. The number of rotatable bonds is 4. The maximum atomic E-state index is 12.6. The Bertz CT molecular complexity index is 923. The molecule has 2 aromatic carbocycles. The molecular formula is C18H16ClN5O. The van der Waals surface area contributed by atoms with Gasteiger partial charge in [-0.05, 0) is 42.2 Å². The molecule has 0 spiro atoms. The first-order valence-corrected chi connectivity index (χ1v) is 8.40. The van der Waals surface area contributed by atoms with Gasteiger partial charge in [-0.2, -0.15) is 5.21 Å². The van der Waals surface area contributed by atoms with Crippen molar-refractivity contribution in [2.45, 2.75) is 18.9 Å². The van der Waals surface area contributed by atoms with Crippen LogP contribution < -0.4 is 10.6 Å². The number of aromatic nitrogens is 3. The van der Waals surface area contributed by atoms with Gasteiger partial charge in [0.05, 0.1) is 6.04 Å². The molecule has 0 fully saturated rings. The van der Waals surface area contributed by atoms with E-state index in [9.17, 15) is 4.79 Å². The smallest absolute Gasteiger partial charge is 0.276 e. The number of aryl methyl sites for hydroxylation is 1. The topological polar surface area (TPSA) is 82.7 Å². The van der Waals surface area contributed by atoms with Crippen LogP contribution in [0.1, 0.15) is 34.1 Å². The Balaban J connectivity index is 1.51. The van der Waals surface area contributed by atoms with Crippen LogP contribution in [0.3, 0.4) is 0 Å². The molecule has 0 saturated carbocycles. The normalized spacial score (nSPS) is 15.6. The summed E-state index contributed by atoms with van der Waals surface area (Å²) in [5, 5.41) is 17.2. The average Bonchev–Trinajstić information content (AvgIpc) is 3.22. The Morgan fingerprint density at radius 3 is 2.92 bits per heavy atom. The summed E-state index contributed by atoms with van der Waals surface area (Å²) < 4.78 is 0. The number of halogens is 1. The standard InChI is InChI=1S/C18H16ClN5O/c19-12-5-3-6-13(10-12)20-17-16(22-24-23-17)18(25)21-15-9-8-11-4-1-2-7-14(11)15/h1-7,10,15H,8-9H2,(H,21,25)(H2,20,22,23,24)/t15-/m1/s1.